The molecule has 6 heteroatoms. The van der Waals surface area contributed by atoms with E-state index in [0.717, 1.165) is 6.20 Å². The third kappa shape index (κ3) is 1.57. The highest BCUT2D eigenvalue weighted by molar-refractivity contribution is 5.64. The van der Waals surface area contributed by atoms with Gasteiger partial charge in [0.05, 0.1) is 18.4 Å². The summed E-state index contributed by atoms with van der Waals surface area (Å²) in [6.45, 7) is 0. The van der Waals surface area contributed by atoms with Crippen molar-refractivity contribution in [2.75, 3.05) is 12.8 Å². The molecule has 0 aromatic carbocycles. The Hall–Kier alpha value is -1.90. The summed E-state index contributed by atoms with van der Waals surface area (Å²) in [6.07, 6.45) is -1.78. The van der Waals surface area contributed by atoms with Crippen LogP contribution in [0.15, 0.2) is 6.20 Å². The minimum Gasteiger partial charge on any atom is -0.492 e. The molecule has 0 aliphatic carbocycles. The lowest BCUT2D eigenvalue weighted by Crippen LogP contribution is -2.03. The number of aromatic nitrogens is 1. The second-order valence-corrected chi connectivity index (χ2v) is 2.42. The van der Waals surface area contributed by atoms with Gasteiger partial charge in [-0.15, -0.1) is 0 Å². The Labute approximate surface area is 78.9 Å². The Bertz CT molecular complexity index is 387. The maximum atomic E-state index is 12.3. The summed E-state index contributed by atoms with van der Waals surface area (Å²) in [7, 11) is 1.19. The van der Waals surface area contributed by atoms with Crippen molar-refractivity contribution in [2.24, 2.45) is 0 Å². The third-order valence-corrected chi connectivity index (χ3v) is 1.63. The molecule has 1 heterocycles. The van der Waals surface area contributed by atoms with Crippen LogP contribution in [0.1, 0.15) is 17.7 Å². The highest BCUT2D eigenvalue weighted by Crippen LogP contribution is 2.33. The second-order valence-electron chi connectivity index (χ2n) is 2.42. The number of alkyl halides is 2. The summed E-state index contributed by atoms with van der Waals surface area (Å²) >= 11 is 0. The van der Waals surface area contributed by atoms with E-state index in [1.807, 2.05) is 0 Å². The molecule has 0 bridgehead atoms. The van der Waals surface area contributed by atoms with Gasteiger partial charge in [0.15, 0.2) is 11.4 Å². The number of nitrogens with zero attached hydrogens (tertiary/aromatic N) is 2. The van der Waals surface area contributed by atoms with Gasteiger partial charge in [-0.1, -0.05) is 0 Å². The molecule has 0 spiro atoms. The van der Waals surface area contributed by atoms with Crippen LogP contribution in [0.3, 0.4) is 0 Å². The molecular formula is C8H7F2N3O. The van der Waals surface area contributed by atoms with Crippen molar-refractivity contribution in [3.63, 3.8) is 0 Å². The van der Waals surface area contributed by atoms with Gasteiger partial charge >= 0.3 is 0 Å². The van der Waals surface area contributed by atoms with Crippen molar-refractivity contribution in [1.29, 1.82) is 5.26 Å². The molecule has 0 saturated carbocycles. The van der Waals surface area contributed by atoms with Crippen LogP contribution < -0.4 is 10.5 Å². The summed E-state index contributed by atoms with van der Waals surface area (Å²) in [5.74, 6) is -0.237. The van der Waals surface area contributed by atoms with Crippen molar-refractivity contribution < 1.29 is 13.5 Å². The van der Waals surface area contributed by atoms with Crippen LogP contribution in [0.25, 0.3) is 0 Å². The van der Waals surface area contributed by atoms with Crippen molar-refractivity contribution in [3.8, 4) is 11.8 Å². The average Bonchev–Trinajstić information content (AvgIpc) is 2.17. The minimum absolute atomic E-state index is 0.0197. The topological polar surface area (TPSA) is 71.9 Å². The van der Waals surface area contributed by atoms with Gasteiger partial charge in [0, 0.05) is 6.20 Å². The predicted molar refractivity (Wildman–Crippen MR) is 44.9 cm³/mol. The molecule has 2 N–H and O–H groups in total. The summed E-state index contributed by atoms with van der Waals surface area (Å²) in [5, 5.41) is 8.55. The lowest BCUT2D eigenvalue weighted by atomic mass is 10.2. The van der Waals surface area contributed by atoms with Gasteiger partial charge in [0.1, 0.15) is 6.07 Å². The van der Waals surface area contributed by atoms with Crippen molar-refractivity contribution in [3.05, 3.63) is 17.5 Å². The van der Waals surface area contributed by atoms with E-state index >= 15 is 0 Å². The number of pyridine rings is 1. The average molecular weight is 199 g/mol. The number of halogens is 2. The van der Waals surface area contributed by atoms with E-state index in [0.29, 0.717) is 0 Å². The Morgan fingerprint density at radius 2 is 2.29 bits per heavy atom. The van der Waals surface area contributed by atoms with E-state index in [-0.39, 0.29) is 17.0 Å². The molecule has 4 nitrogen and oxygen atoms in total. The van der Waals surface area contributed by atoms with Gasteiger partial charge in [-0.2, -0.15) is 5.26 Å². The largest absolute Gasteiger partial charge is 0.492 e. The highest BCUT2D eigenvalue weighted by Gasteiger charge is 2.20. The fourth-order valence-electron chi connectivity index (χ4n) is 0.982. The van der Waals surface area contributed by atoms with Crippen LogP contribution in [0, 0.1) is 11.3 Å². The summed E-state index contributed by atoms with van der Waals surface area (Å²) in [6, 6.07) is 1.72. The molecule has 0 amide bonds. The Morgan fingerprint density at radius 1 is 1.64 bits per heavy atom. The van der Waals surface area contributed by atoms with Crippen LogP contribution >= 0.6 is 0 Å². The summed E-state index contributed by atoms with van der Waals surface area (Å²) in [4.78, 5) is 3.40. The quantitative estimate of drug-likeness (QED) is 0.782. The van der Waals surface area contributed by atoms with Gasteiger partial charge in [0.25, 0.3) is 6.43 Å². The SMILES string of the molecule is COc1c(C(F)F)ncc(C#N)c1N. The Kier molecular flexibility index (Phi) is 2.82. The number of nitriles is 1. The second kappa shape index (κ2) is 3.87. The molecule has 0 aliphatic rings. The van der Waals surface area contributed by atoms with Gasteiger partial charge in [-0.3, -0.25) is 0 Å². The number of nitrogens with two attached hydrogens (primary N) is 1. The molecule has 1 aromatic rings. The molecule has 74 valence electrons. The van der Waals surface area contributed by atoms with E-state index < -0.39 is 12.1 Å². The maximum absolute atomic E-state index is 12.3. The monoisotopic (exact) mass is 199 g/mol. The number of nitrogen functional groups attached to an aromatic ring is 1. The summed E-state index contributed by atoms with van der Waals surface area (Å²) in [5.41, 5.74) is 4.78. The van der Waals surface area contributed by atoms with Crippen LogP contribution in [-0.2, 0) is 0 Å². The molecule has 0 aliphatic heterocycles. The van der Waals surface area contributed by atoms with Gasteiger partial charge in [-0.05, 0) is 0 Å². The van der Waals surface area contributed by atoms with Crippen LogP contribution in [-0.4, -0.2) is 12.1 Å². The van der Waals surface area contributed by atoms with Crippen LogP contribution in [0.5, 0.6) is 5.75 Å². The number of hydrogen-bond donors (Lipinski definition) is 1. The third-order valence-electron chi connectivity index (χ3n) is 1.63. The van der Waals surface area contributed by atoms with Crippen molar-refractivity contribution in [2.45, 2.75) is 6.43 Å². The zero-order valence-corrected chi connectivity index (χ0v) is 7.29. The van der Waals surface area contributed by atoms with E-state index in [1.54, 1.807) is 6.07 Å². The predicted octanol–water partition coefficient (Wildman–Crippen LogP) is 1.48. The zero-order valence-electron chi connectivity index (χ0n) is 7.29. The highest BCUT2D eigenvalue weighted by atomic mass is 19.3. The number of hydrogen-bond acceptors (Lipinski definition) is 4. The van der Waals surface area contributed by atoms with E-state index in [9.17, 15) is 8.78 Å². The maximum Gasteiger partial charge on any atom is 0.284 e. The number of methoxy groups -OCH3 is 1. The molecule has 0 atom stereocenters. The van der Waals surface area contributed by atoms with Crippen molar-refractivity contribution in [1.82, 2.24) is 4.98 Å². The molecular weight excluding hydrogens is 192 g/mol. The Morgan fingerprint density at radius 3 is 2.71 bits per heavy atom. The number of ether oxygens (including phenoxy) is 1. The van der Waals surface area contributed by atoms with Gasteiger partial charge in [0.2, 0.25) is 0 Å². The first-order valence-electron chi connectivity index (χ1n) is 3.62. The lowest BCUT2D eigenvalue weighted by Gasteiger charge is -2.09. The van der Waals surface area contributed by atoms with Crippen molar-refractivity contribution >= 4 is 5.69 Å². The first kappa shape index (κ1) is 10.2. The first-order chi connectivity index (χ1) is 6.61. The molecule has 1 aromatic heterocycles. The van der Waals surface area contributed by atoms with Gasteiger partial charge < -0.3 is 10.5 Å². The molecule has 0 radical (unpaired) electrons. The molecule has 0 saturated heterocycles. The Balaban J connectivity index is 3.38. The summed E-state index contributed by atoms with van der Waals surface area (Å²) < 4.78 is 29.4. The molecule has 14 heavy (non-hydrogen) atoms. The fourth-order valence-corrected chi connectivity index (χ4v) is 0.982. The van der Waals surface area contributed by atoms with Crippen LogP contribution in [0.4, 0.5) is 14.5 Å². The van der Waals surface area contributed by atoms with E-state index in [1.165, 1.54) is 7.11 Å². The molecule has 1 rings (SSSR count). The normalized spacial score (nSPS) is 9.93. The van der Waals surface area contributed by atoms with Crippen LogP contribution in [0.2, 0.25) is 0 Å². The molecule has 0 unspecified atom stereocenters. The van der Waals surface area contributed by atoms with E-state index in [4.69, 9.17) is 11.0 Å². The standard InChI is InChI=1S/C8H7F2N3O/c1-14-7-5(12)4(2-11)3-13-6(7)8(9)10/h3,8H,1H3,(H2,12,13). The number of rotatable bonds is 2. The first-order valence-corrected chi connectivity index (χ1v) is 3.62. The van der Waals surface area contributed by atoms with E-state index in [2.05, 4.69) is 9.72 Å². The fraction of sp³-hybridized carbons (Fsp3) is 0.250. The zero-order chi connectivity index (χ0) is 10.7. The lowest BCUT2D eigenvalue weighted by molar-refractivity contribution is 0.141. The smallest absolute Gasteiger partial charge is 0.284 e. The number of anilines is 1. The molecule has 0 fully saturated rings. The van der Waals surface area contributed by atoms with Gasteiger partial charge in [-0.25, -0.2) is 13.8 Å². The minimum atomic E-state index is -2.78.